The number of rotatable bonds is 6. The number of nitrogens with one attached hydrogen (secondary N) is 1. The van der Waals surface area contributed by atoms with Crippen molar-refractivity contribution in [3.63, 3.8) is 0 Å². The van der Waals surface area contributed by atoms with Gasteiger partial charge in [-0.15, -0.1) is 0 Å². The van der Waals surface area contributed by atoms with Gasteiger partial charge in [-0.1, -0.05) is 22.0 Å². The fourth-order valence-electron chi connectivity index (χ4n) is 1.84. The molecule has 1 unspecified atom stereocenters. The van der Waals surface area contributed by atoms with E-state index in [1.54, 1.807) is 19.1 Å². The van der Waals surface area contributed by atoms with Crippen LogP contribution in [0.15, 0.2) is 53.0 Å². The molecule has 1 atom stereocenters. The summed E-state index contributed by atoms with van der Waals surface area (Å²) < 4.78 is 11.9. The topological polar surface area (TPSA) is 47.6 Å². The fourth-order valence-corrected chi connectivity index (χ4v) is 2.22. The molecule has 0 heterocycles. The van der Waals surface area contributed by atoms with E-state index in [0.717, 1.165) is 10.2 Å². The summed E-state index contributed by atoms with van der Waals surface area (Å²) in [4.78, 5) is 12.1. The molecule has 0 radical (unpaired) electrons. The molecule has 2 aromatic carbocycles. The van der Waals surface area contributed by atoms with Crippen LogP contribution < -0.4 is 14.8 Å². The van der Waals surface area contributed by atoms with E-state index in [0.29, 0.717) is 18.0 Å². The van der Waals surface area contributed by atoms with E-state index in [1.807, 2.05) is 43.3 Å². The number of hydrogen-bond donors (Lipinski definition) is 1. The van der Waals surface area contributed by atoms with Gasteiger partial charge in [0.05, 0.1) is 6.61 Å². The molecule has 0 bridgehead atoms. The van der Waals surface area contributed by atoms with Crippen LogP contribution >= 0.6 is 15.9 Å². The zero-order valence-electron chi connectivity index (χ0n) is 12.5. The Morgan fingerprint density at radius 2 is 1.91 bits per heavy atom. The highest BCUT2D eigenvalue weighted by molar-refractivity contribution is 9.10. The van der Waals surface area contributed by atoms with Gasteiger partial charge < -0.3 is 14.8 Å². The lowest BCUT2D eigenvalue weighted by Crippen LogP contribution is -2.30. The molecule has 0 spiro atoms. The molecule has 116 valence electrons. The molecular formula is C17H18BrNO3. The van der Waals surface area contributed by atoms with Crippen molar-refractivity contribution in [2.75, 3.05) is 11.9 Å². The summed E-state index contributed by atoms with van der Waals surface area (Å²) in [5, 5.41) is 2.81. The summed E-state index contributed by atoms with van der Waals surface area (Å²) in [6.45, 7) is 4.25. The standard InChI is InChI=1S/C17H18BrNO3/c1-3-21-15-9-7-14(8-10-15)19-17(20)12(2)22-16-6-4-5-13(18)11-16/h4-12H,3H2,1-2H3,(H,19,20). The first-order valence-electron chi connectivity index (χ1n) is 7.04. The number of carbonyl (C=O) groups is 1. The van der Waals surface area contributed by atoms with Gasteiger partial charge in [0.15, 0.2) is 6.10 Å². The third kappa shape index (κ3) is 4.77. The van der Waals surface area contributed by atoms with E-state index in [-0.39, 0.29) is 5.91 Å². The SMILES string of the molecule is CCOc1ccc(NC(=O)C(C)Oc2cccc(Br)c2)cc1. The molecule has 0 aliphatic heterocycles. The van der Waals surface area contributed by atoms with Crippen molar-refractivity contribution in [3.8, 4) is 11.5 Å². The van der Waals surface area contributed by atoms with Crippen LogP contribution in [0.2, 0.25) is 0 Å². The van der Waals surface area contributed by atoms with Gasteiger partial charge in [0.1, 0.15) is 11.5 Å². The summed E-state index contributed by atoms with van der Waals surface area (Å²) in [5.74, 6) is 1.21. The molecule has 0 fully saturated rings. The summed E-state index contributed by atoms with van der Waals surface area (Å²) in [7, 11) is 0. The predicted octanol–water partition coefficient (Wildman–Crippen LogP) is 4.25. The van der Waals surface area contributed by atoms with E-state index in [2.05, 4.69) is 21.2 Å². The second-order valence-corrected chi connectivity index (χ2v) is 5.58. The highest BCUT2D eigenvalue weighted by Crippen LogP contribution is 2.20. The molecule has 22 heavy (non-hydrogen) atoms. The molecule has 0 aliphatic rings. The first kappa shape index (κ1) is 16.4. The molecular weight excluding hydrogens is 346 g/mol. The molecule has 0 saturated heterocycles. The predicted molar refractivity (Wildman–Crippen MR) is 90.5 cm³/mol. The summed E-state index contributed by atoms with van der Waals surface area (Å²) in [6, 6.07) is 14.6. The van der Waals surface area contributed by atoms with Crippen molar-refractivity contribution in [2.24, 2.45) is 0 Å². The number of amides is 1. The largest absolute Gasteiger partial charge is 0.494 e. The van der Waals surface area contributed by atoms with Crippen molar-refractivity contribution in [2.45, 2.75) is 20.0 Å². The lowest BCUT2D eigenvalue weighted by molar-refractivity contribution is -0.122. The summed E-state index contributed by atoms with van der Waals surface area (Å²) >= 11 is 3.37. The van der Waals surface area contributed by atoms with Gasteiger partial charge in [-0.3, -0.25) is 4.79 Å². The number of benzene rings is 2. The van der Waals surface area contributed by atoms with Crippen LogP contribution in [0.1, 0.15) is 13.8 Å². The minimum atomic E-state index is -0.596. The van der Waals surface area contributed by atoms with Crippen LogP contribution in [0.25, 0.3) is 0 Å². The Hall–Kier alpha value is -2.01. The Balaban J connectivity index is 1.93. The van der Waals surface area contributed by atoms with Crippen LogP contribution in [0.4, 0.5) is 5.69 Å². The minimum Gasteiger partial charge on any atom is -0.494 e. The first-order chi connectivity index (χ1) is 10.6. The maximum Gasteiger partial charge on any atom is 0.265 e. The van der Waals surface area contributed by atoms with Gasteiger partial charge in [0, 0.05) is 10.2 Å². The molecule has 5 heteroatoms. The molecule has 0 aromatic heterocycles. The highest BCUT2D eigenvalue weighted by atomic mass is 79.9. The number of anilines is 1. The summed E-state index contributed by atoms with van der Waals surface area (Å²) in [6.07, 6.45) is -0.596. The van der Waals surface area contributed by atoms with Gasteiger partial charge in [-0.05, 0) is 56.3 Å². The number of ether oxygens (including phenoxy) is 2. The second kappa shape index (κ2) is 7.84. The van der Waals surface area contributed by atoms with E-state index in [4.69, 9.17) is 9.47 Å². The molecule has 2 rings (SSSR count). The Morgan fingerprint density at radius 1 is 1.18 bits per heavy atom. The van der Waals surface area contributed by atoms with Crippen LogP contribution in [-0.4, -0.2) is 18.6 Å². The van der Waals surface area contributed by atoms with E-state index in [1.165, 1.54) is 0 Å². The summed E-state index contributed by atoms with van der Waals surface area (Å²) in [5.41, 5.74) is 0.707. The smallest absolute Gasteiger partial charge is 0.265 e. The zero-order chi connectivity index (χ0) is 15.9. The molecule has 0 aliphatic carbocycles. The number of carbonyl (C=O) groups excluding carboxylic acids is 1. The Bertz CT molecular complexity index is 628. The van der Waals surface area contributed by atoms with Crippen molar-refractivity contribution in [1.82, 2.24) is 0 Å². The molecule has 1 amide bonds. The van der Waals surface area contributed by atoms with Gasteiger partial charge in [-0.2, -0.15) is 0 Å². The van der Waals surface area contributed by atoms with Gasteiger partial charge in [0.2, 0.25) is 0 Å². The van der Waals surface area contributed by atoms with E-state index in [9.17, 15) is 4.79 Å². The average molecular weight is 364 g/mol. The second-order valence-electron chi connectivity index (χ2n) is 4.66. The van der Waals surface area contributed by atoms with E-state index >= 15 is 0 Å². The molecule has 1 N–H and O–H groups in total. The van der Waals surface area contributed by atoms with Gasteiger partial charge >= 0.3 is 0 Å². The number of halogens is 1. The van der Waals surface area contributed by atoms with Crippen molar-refractivity contribution >= 4 is 27.5 Å². The van der Waals surface area contributed by atoms with Crippen molar-refractivity contribution < 1.29 is 14.3 Å². The van der Waals surface area contributed by atoms with Gasteiger partial charge in [0.25, 0.3) is 5.91 Å². The van der Waals surface area contributed by atoms with Crippen LogP contribution in [0.3, 0.4) is 0 Å². The lowest BCUT2D eigenvalue weighted by atomic mass is 10.2. The molecule has 0 saturated carbocycles. The molecule has 4 nitrogen and oxygen atoms in total. The number of hydrogen-bond acceptors (Lipinski definition) is 3. The minimum absolute atomic E-state index is 0.205. The third-order valence-electron chi connectivity index (χ3n) is 2.91. The normalized spacial score (nSPS) is 11.6. The lowest BCUT2D eigenvalue weighted by Gasteiger charge is -2.15. The quantitative estimate of drug-likeness (QED) is 0.834. The maximum absolute atomic E-state index is 12.1. The van der Waals surface area contributed by atoms with Crippen LogP contribution in [-0.2, 0) is 4.79 Å². The fraction of sp³-hybridized carbons (Fsp3) is 0.235. The van der Waals surface area contributed by atoms with Crippen LogP contribution in [0.5, 0.6) is 11.5 Å². The average Bonchev–Trinajstić information content (AvgIpc) is 2.49. The zero-order valence-corrected chi connectivity index (χ0v) is 14.1. The van der Waals surface area contributed by atoms with Crippen molar-refractivity contribution in [3.05, 3.63) is 53.0 Å². The molecule has 2 aromatic rings. The van der Waals surface area contributed by atoms with E-state index < -0.39 is 6.10 Å². The van der Waals surface area contributed by atoms with Crippen molar-refractivity contribution in [1.29, 1.82) is 0 Å². The first-order valence-corrected chi connectivity index (χ1v) is 7.83. The maximum atomic E-state index is 12.1. The Labute approximate surface area is 138 Å². The Morgan fingerprint density at radius 3 is 2.55 bits per heavy atom. The van der Waals surface area contributed by atoms with Gasteiger partial charge in [-0.25, -0.2) is 0 Å². The van der Waals surface area contributed by atoms with Crippen LogP contribution in [0, 0.1) is 0 Å². The Kier molecular flexibility index (Phi) is 5.83. The third-order valence-corrected chi connectivity index (χ3v) is 3.40. The monoisotopic (exact) mass is 363 g/mol. The highest BCUT2D eigenvalue weighted by Gasteiger charge is 2.15.